The summed E-state index contributed by atoms with van der Waals surface area (Å²) >= 11 is 0. The highest BCUT2D eigenvalue weighted by Crippen LogP contribution is 2.22. The molecule has 12 amide bonds. The molecule has 2 aliphatic rings. The Morgan fingerprint density at radius 2 is 0.957 bits per heavy atom. The van der Waals surface area contributed by atoms with E-state index in [0.29, 0.717) is 44.2 Å². The number of carboxylic acid groups (broad SMARTS) is 2. The average Bonchev–Trinajstić information content (AvgIpc) is 1.52. The summed E-state index contributed by atoms with van der Waals surface area (Å²) in [4.78, 5) is 191. The Balaban J connectivity index is 1.84. The molecule has 0 aliphatic carbocycles. The smallest absolute Gasteiger partial charge is 0.326 e. The van der Waals surface area contributed by atoms with Gasteiger partial charge < -0.3 is 100 Å². The second-order valence-corrected chi connectivity index (χ2v) is 24.8. The first kappa shape index (κ1) is 79.7. The molecule has 2 heterocycles. The van der Waals surface area contributed by atoms with Crippen LogP contribution in [0.1, 0.15) is 132 Å². The van der Waals surface area contributed by atoms with E-state index in [1.807, 2.05) is 0 Å². The van der Waals surface area contributed by atoms with E-state index in [-0.39, 0.29) is 44.5 Å². The van der Waals surface area contributed by atoms with E-state index in [2.05, 4.69) is 47.9 Å². The van der Waals surface area contributed by atoms with Crippen LogP contribution in [0.4, 0.5) is 0 Å². The van der Waals surface area contributed by atoms with Gasteiger partial charge in [-0.15, -0.1) is 0 Å². The molecule has 1 aromatic carbocycles. The number of benzene rings is 1. The minimum absolute atomic E-state index is 0.00420. The number of carbonyl (C=O) groups is 14. The number of carboxylic acids is 2. The van der Waals surface area contributed by atoms with E-state index in [1.165, 1.54) is 43.0 Å². The number of aliphatic carboxylic acids is 2. The number of hydrogen-bond donors (Lipinski definition) is 17. The van der Waals surface area contributed by atoms with Gasteiger partial charge in [0, 0.05) is 25.9 Å². The fourth-order valence-corrected chi connectivity index (χ4v) is 10.7. The molecule has 0 bridgehead atoms. The van der Waals surface area contributed by atoms with Gasteiger partial charge in [-0.05, 0) is 92.9 Å². The Labute approximate surface area is 545 Å². The number of hydrogen-bond acceptors (Lipinski definition) is 19. The standard InChI is InChI=1S/C61H98N14O19/c1-9-33(8)49(58(90)69-41(29-77)53(85)71-46(30(2)3)56(88)68-40(28-76)52(84)67-39(27-44(64)79)60(92)75-25-13-16-43(75)61(93)94)73-57(89)48(32(6)7)70-51(83)38(26-34-17-19-35(78)20-18-34)66-50(82)37(21-22-45(80)81)65-55(87)47(31(4)5)72-54(86)42-15-12-24-74(42)59(91)36(63)14-10-11-23-62/h17-20,30-33,36-43,46-49,76-78H,9-16,21-29,62-63H2,1-8H3,(H2,64,79)(H,65,87)(H,66,82)(H,67,84)(H,68,88)(H,69,90)(H,70,83)(H,71,85)(H,72,86)(H,73,89)(H,80,81)(H,93,94)/t33-,36-,37-,38-,39-,40-,41-,42-,43-,46-,47-,48-,49-/m0/s1. The molecule has 0 saturated carbocycles. The van der Waals surface area contributed by atoms with E-state index >= 15 is 0 Å². The normalized spacial score (nSPS) is 18.1. The number of aliphatic hydroxyl groups is 2. The van der Waals surface area contributed by atoms with Crippen LogP contribution in [0.25, 0.3) is 0 Å². The van der Waals surface area contributed by atoms with Crippen molar-refractivity contribution >= 4 is 82.8 Å². The molecule has 0 unspecified atom stereocenters. The highest BCUT2D eigenvalue weighted by atomic mass is 16.4. The van der Waals surface area contributed by atoms with Gasteiger partial charge in [0.15, 0.2) is 0 Å². The molecule has 0 spiro atoms. The van der Waals surface area contributed by atoms with Gasteiger partial charge in [-0.25, -0.2) is 4.79 Å². The molecule has 526 valence electrons. The number of nitrogens with two attached hydrogens (primary N) is 3. The zero-order valence-corrected chi connectivity index (χ0v) is 54.6. The summed E-state index contributed by atoms with van der Waals surface area (Å²) in [6, 6.07) is -11.9. The zero-order valence-electron chi connectivity index (χ0n) is 54.6. The summed E-state index contributed by atoms with van der Waals surface area (Å²) in [6.07, 6.45) is 0.774. The Kier molecular flexibility index (Phi) is 32.7. The summed E-state index contributed by atoms with van der Waals surface area (Å²) in [5, 5.41) is 72.3. The highest BCUT2D eigenvalue weighted by molar-refractivity contribution is 6.00. The van der Waals surface area contributed by atoms with Crippen LogP contribution in [0.5, 0.6) is 5.75 Å². The SMILES string of the molecule is CC[C@H](C)[C@H](NC(=O)[C@@H](NC(=O)[C@H](Cc1ccc(O)cc1)NC(=O)[C@H](CCC(=O)O)NC(=O)[C@@H](NC(=O)[C@@H]1CCCN1C(=O)[C@@H](N)CCCCN)C(C)C)C(C)C)C(=O)N[C@@H](CO)C(=O)N[C@H](C(=O)N[C@@H](CO)C(=O)N[C@@H](CC(N)=O)C(=O)N1CCC[C@H]1C(=O)O)C(C)C. The lowest BCUT2D eigenvalue weighted by Gasteiger charge is -2.31. The molecule has 33 heteroatoms. The van der Waals surface area contributed by atoms with Crippen molar-refractivity contribution in [1.82, 2.24) is 57.7 Å². The van der Waals surface area contributed by atoms with Crippen molar-refractivity contribution in [3.63, 3.8) is 0 Å². The van der Waals surface area contributed by atoms with E-state index in [4.69, 9.17) is 17.2 Å². The van der Waals surface area contributed by atoms with Crippen LogP contribution in [0.15, 0.2) is 24.3 Å². The van der Waals surface area contributed by atoms with E-state index in [9.17, 15) is 92.7 Å². The number of unbranched alkanes of at least 4 members (excludes halogenated alkanes) is 1. The van der Waals surface area contributed by atoms with Gasteiger partial charge in [0.1, 0.15) is 72.2 Å². The summed E-state index contributed by atoms with van der Waals surface area (Å²) in [6.45, 7) is 11.1. The number of phenols is 1. The number of aliphatic hydroxyl groups excluding tert-OH is 2. The maximum atomic E-state index is 14.6. The number of rotatable bonds is 39. The monoisotopic (exact) mass is 1330 g/mol. The molecule has 13 atom stereocenters. The molecule has 2 saturated heterocycles. The third kappa shape index (κ3) is 24.1. The van der Waals surface area contributed by atoms with Crippen molar-refractivity contribution in [2.75, 3.05) is 32.8 Å². The van der Waals surface area contributed by atoms with Crippen LogP contribution in [0.3, 0.4) is 0 Å². The van der Waals surface area contributed by atoms with Gasteiger partial charge in [-0.2, -0.15) is 0 Å². The lowest BCUT2D eigenvalue weighted by molar-refractivity contribution is -0.149. The number of primary amides is 1. The molecule has 1 aromatic rings. The molecule has 20 N–H and O–H groups in total. The summed E-state index contributed by atoms with van der Waals surface area (Å²) in [5.41, 5.74) is 17.5. The largest absolute Gasteiger partial charge is 0.508 e. The van der Waals surface area contributed by atoms with Crippen molar-refractivity contribution in [2.24, 2.45) is 40.9 Å². The second kappa shape index (κ2) is 38.6. The third-order valence-corrected chi connectivity index (χ3v) is 16.4. The van der Waals surface area contributed by atoms with Crippen LogP contribution in [0.2, 0.25) is 0 Å². The number of nitrogens with zero attached hydrogens (tertiary/aromatic N) is 2. The van der Waals surface area contributed by atoms with Crippen LogP contribution < -0.4 is 65.1 Å². The maximum absolute atomic E-state index is 14.6. The van der Waals surface area contributed by atoms with Crippen molar-refractivity contribution in [1.29, 1.82) is 0 Å². The summed E-state index contributed by atoms with van der Waals surface area (Å²) in [5.74, 6) is -17.0. The molecule has 94 heavy (non-hydrogen) atoms. The predicted molar refractivity (Wildman–Crippen MR) is 336 cm³/mol. The molecular weight excluding hydrogens is 1230 g/mol. The third-order valence-electron chi connectivity index (χ3n) is 16.4. The van der Waals surface area contributed by atoms with Crippen LogP contribution in [0, 0.1) is 23.7 Å². The number of likely N-dealkylation sites (tertiary alicyclic amines) is 2. The van der Waals surface area contributed by atoms with Gasteiger partial charge in [-0.1, -0.05) is 80.4 Å². The Morgan fingerprint density at radius 1 is 0.532 bits per heavy atom. The molecular formula is C61H98N14O19. The number of amides is 12. The van der Waals surface area contributed by atoms with Crippen LogP contribution in [-0.4, -0.2) is 224 Å². The first-order valence-electron chi connectivity index (χ1n) is 31.7. The minimum atomic E-state index is -1.81. The number of phenolic OH excluding ortho intramolecular Hbond substituents is 1. The van der Waals surface area contributed by atoms with Crippen LogP contribution in [-0.2, 0) is 73.5 Å². The van der Waals surface area contributed by atoms with Crippen molar-refractivity contribution in [2.45, 2.75) is 205 Å². The average molecular weight is 1330 g/mol. The van der Waals surface area contributed by atoms with Crippen molar-refractivity contribution in [3.8, 4) is 5.75 Å². The van der Waals surface area contributed by atoms with Crippen molar-refractivity contribution in [3.05, 3.63) is 29.8 Å². The lowest BCUT2D eigenvalue weighted by Crippen LogP contribution is -2.63. The Hall–Kier alpha value is -8.56. The van der Waals surface area contributed by atoms with Gasteiger partial charge in [0.2, 0.25) is 70.9 Å². The van der Waals surface area contributed by atoms with E-state index in [1.54, 1.807) is 41.5 Å². The van der Waals surface area contributed by atoms with Gasteiger partial charge in [-0.3, -0.25) is 62.3 Å². The summed E-state index contributed by atoms with van der Waals surface area (Å²) in [7, 11) is 0. The van der Waals surface area contributed by atoms with Gasteiger partial charge in [0.05, 0.1) is 25.7 Å². The Bertz CT molecular complexity index is 2830. The topological polar surface area (TPSA) is 533 Å². The number of nitrogens with one attached hydrogen (secondary N) is 9. The zero-order chi connectivity index (χ0) is 70.8. The Morgan fingerprint density at radius 3 is 1.44 bits per heavy atom. The molecule has 2 aliphatic heterocycles. The lowest BCUT2D eigenvalue weighted by atomic mass is 9.95. The molecule has 0 aromatic heterocycles. The van der Waals surface area contributed by atoms with Crippen molar-refractivity contribution < 1.29 is 92.7 Å². The maximum Gasteiger partial charge on any atom is 0.326 e. The first-order chi connectivity index (χ1) is 44.2. The molecule has 33 nitrogen and oxygen atoms in total. The second-order valence-electron chi connectivity index (χ2n) is 24.8. The van der Waals surface area contributed by atoms with Gasteiger partial charge >= 0.3 is 11.9 Å². The predicted octanol–water partition coefficient (Wildman–Crippen LogP) is -4.44. The quantitative estimate of drug-likeness (QED) is 0.0277. The molecule has 3 rings (SSSR count). The van der Waals surface area contributed by atoms with E-state index in [0.717, 1.165) is 4.90 Å². The van der Waals surface area contributed by atoms with Gasteiger partial charge in [0.25, 0.3) is 0 Å². The molecule has 2 fully saturated rings. The fraction of sp³-hybridized carbons (Fsp3) is 0.672. The number of carbonyl (C=O) groups excluding carboxylic acids is 12. The van der Waals surface area contributed by atoms with Crippen LogP contribution >= 0.6 is 0 Å². The number of aromatic hydroxyl groups is 1. The minimum Gasteiger partial charge on any atom is -0.508 e. The van der Waals surface area contributed by atoms with E-state index < -0.39 is 211 Å². The summed E-state index contributed by atoms with van der Waals surface area (Å²) < 4.78 is 0. The fourth-order valence-electron chi connectivity index (χ4n) is 10.7. The highest BCUT2D eigenvalue weighted by Gasteiger charge is 2.42. The molecule has 0 radical (unpaired) electrons. The first-order valence-corrected chi connectivity index (χ1v) is 31.7.